The molecule has 1 heterocycles. The molecule has 2 N–H and O–H groups in total. The molecule has 5 heteroatoms. The number of nitrogens with one attached hydrogen (secondary N) is 2. The van der Waals surface area contributed by atoms with Crippen LogP contribution in [-0.2, 0) is 16.1 Å². The molecule has 0 radical (unpaired) electrons. The summed E-state index contributed by atoms with van der Waals surface area (Å²) in [7, 11) is 0. The molecule has 1 aromatic rings. The van der Waals surface area contributed by atoms with Crippen LogP contribution in [-0.4, -0.2) is 36.3 Å². The topological polar surface area (TPSA) is 61.4 Å². The van der Waals surface area contributed by atoms with E-state index in [4.69, 9.17) is 0 Å². The highest BCUT2D eigenvalue weighted by Gasteiger charge is 2.38. The summed E-state index contributed by atoms with van der Waals surface area (Å²) in [6, 6.07) is 7.96. The highest BCUT2D eigenvalue weighted by atomic mass is 16.2. The Morgan fingerprint density at radius 2 is 1.81 bits per heavy atom. The number of amides is 2. The molecule has 0 bridgehead atoms. The van der Waals surface area contributed by atoms with E-state index in [1.165, 1.54) is 0 Å². The average Bonchev–Trinajstić information content (AvgIpc) is 3.21. The molecule has 26 heavy (non-hydrogen) atoms. The summed E-state index contributed by atoms with van der Waals surface area (Å²) in [6.45, 7) is 5.50. The molecular formula is C21H31N3O2. The molecule has 1 saturated carbocycles. The molecule has 0 aromatic heterocycles. The molecule has 1 saturated heterocycles. The minimum atomic E-state index is -0.200. The quantitative estimate of drug-likeness (QED) is 0.822. The lowest BCUT2D eigenvalue weighted by Crippen LogP contribution is -2.42. The van der Waals surface area contributed by atoms with Gasteiger partial charge in [0.1, 0.15) is 0 Å². The monoisotopic (exact) mass is 357 g/mol. The van der Waals surface area contributed by atoms with Gasteiger partial charge in [0.15, 0.2) is 0 Å². The maximum absolute atomic E-state index is 12.9. The van der Waals surface area contributed by atoms with Gasteiger partial charge in [-0.15, -0.1) is 0 Å². The number of anilines is 1. The van der Waals surface area contributed by atoms with Crippen molar-refractivity contribution in [3.8, 4) is 0 Å². The summed E-state index contributed by atoms with van der Waals surface area (Å²) in [5.41, 5.74) is 1.97. The number of rotatable bonds is 6. The molecule has 2 unspecified atom stereocenters. The molecule has 1 aliphatic carbocycles. The van der Waals surface area contributed by atoms with Crippen LogP contribution in [0.5, 0.6) is 0 Å². The number of carbonyl (C=O) groups excluding carboxylic acids is 2. The molecule has 5 nitrogen and oxygen atoms in total. The van der Waals surface area contributed by atoms with Crippen LogP contribution in [0.2, 0.25) is 0 Å². The SMILES string of the molecule is CCNCc1cccc(NC(=O)C2CCCCC2C(=O)N2CCCC2)c1. The largest absolute Gasteiger partial charge is 0.342 e. The van der Waals surface area contributed by atoms with Crippen molar-refractivity contribution in [3.05, 3.63) is 29.8 Å². The minimum absolute atomic E-state index is 0.00264. The normalized spacial score (nSPS) is 23.0. The molecule has 3 rings (SSSR count). The average molecular weight is 357 g/mol. The van der Waals surface area contributed by atoms with Gasteiger partial charge in [-0.05, 0) is 49.9 Å². The van der Waals surface area contributed by atoms with Gasteiger partial charge in [-0.1, -0.05) is 31.9 Å². The maximum Gasteiger partial charge on any atom is 0.228 e. The fraction of sp³-hybridized carbons (Fsp3) is 0.619. The third-order valence-corrected chi connectivity index (χ3v) is 5.61. The number of nitrogens with zero attached hydrogens (tertiary/aromatic N) is 1. The van der Waals surface area contributed by atoms with Crippen LogP contribution in [0.1, 0.15) is 51.0 Å². The second-order valence-corrected chi connectivity index (χ2v) is 7.50. The van der Waals surface area contributed by atoms with Gasteiger partial charge in [0.25, 0.3) is 0 Å². The lowest BCUT2D eigenvalue weighted by Gasteiger charge is -2.32. The first-order valence-electron chi connectivity index (χ1n) is 10.1. The minimum Gasteiger partial charge on any atom is -0.342 e. The van der Waals surface area contributed by atoms with Crippen LogP contribution in [0.3, 0.4) is 0 Å². The van der Waals surface area contributed by atoms with E-state index in [2.05, 4.69) is 23.6 Å². The maximum atomic E-state index is 12.9. The van der Waals surface area contributed by atoms with Crippen molar-refractivity contribution in [2.75, 3.05) is 25.0 Å². The Bertz CT molecular complexity index is 625. The first kappa shape index (κ1) is 18.9. The van der Waals surface area contributed by atoms with Gasteiger partial charge in [-0.25, -0.2) is 0 Å². The second-order valence-electron chi connectivity index (χ2n) is 7.50. The molecule has 2 aliphatic rings. The second kappa shape index (κ2) is 9.17. The highest BCUT2D eigenvalue weighted by molar-refractivity contribution is 5.96. The predicted octanol–water partition coefficient (Wildman–Crippen LogP) is 3.16. The third kappa shape index (κ3) is 4.64. The van der Waals surface area contributed by atoms with E-state index in [0.717, 1.165) is 76.0 Å². The lowest BCUT2D eigenvalue weighted by atomic mass is 9.77. The van der Waals surface area contributed by atoms with E-state index in [1.54, 1.807) is 0 Å². The number of benzene rings is 1. The van der Waals surface area contributed by atoms with Gasteiger partial charge >= 0.3 is 0 Å². The molecule has 142 valence electrons. The van der Waals surface area contributed by atoms with Crippen LogP contribution in [0.15, 0.2) is 24.3 Å². The Balaban J connectivity index is 1.65. The molecule has 0 spiro atoms. The Hall–Kier alpha value is -1.88. The fourth-order valence-corrected chi connectivity index (χ4v) is 4.18. The number of hydrogen-bond acceptors (Lipinski definition) is 3. The van der Waals surface area contributed by atoms with E-state index in [0.29, 0.717) is 0 Å². The van der Waals surface area contributed by atoms with Crippen molar-refractivity contribution in [2.45, 2.75) is 52.0 Å². The van der Waals surface area contributed by atoms with E-state index in [9.17, 15) is 9.59 Å². The smallest absolute Gasteiger partial charge is 0.228 e. The van der Waals surface area contributed by atoms with Crippen molar-refractivity contribution in [3.63, 3.8) is 0 Å². The van der Waals surface area contributed by atoms with Crippen molar-refractivity contribution < 1.29 is 9.59 Å². The van der Waals surface area contributed by atoms with Crippen LogP contribution in [0.4, 0.5) is 5.69 Å². The summed E-state index contributed by atoms with van der Waals surface area (Å²) in [5, 5.41) is 6.37. The van der Waals surface area contributed by atoms with Crippen molar-refractivity contribution in [1.82, 2.24) is 10.2 Å². The van der Waals surface area contributed by atoms with Gasteiger partial charge in [0.2, 0.25) is 11.8 Å². The van der Waals surface area contributed by atoms with Crippen molar-refractivity contribution in [1.29, 1.82) is 0 Å². The van der Waals surface area contributed by atoms with E-state index in [1.807, 2.05) is 23.1 Å². The number of hydrogen-bond donors (Lipinski definition) is 2. The molecule has 2 amide bonds. The number of carbonyl (C=O) groups is 2. The van der Waals surface area contributed by atoms with Gasteiger partial charge in [0, 0.05) is 37.2 Å². The Morgan fingerprint density at radius 1 is 1.08 bits per heavy atom. The zero-order valence-corrected chi connectivity index (χ0v) is 15.8. The third-order valence-electron chi connectivity index (χ3n) is 5.61. The van der Waals surface area contributed by atoms with E-state index in [-0.39, 0.29) is 23.7 Å². The summed E-state index contributed by atoms with van der Waals surface area (Å²) in [6.07, 6.45) is 5.91. The lowest BCUT2D eigenvalue weighted by molar-refractivity contribution is -0.141. The Morgan fingerprint density at radius 3 is 2.54 bits per heavy atom. The van der Waals surface area contributed by atoms with Crippen LogP contribution in [0, 0.1) is 11.8 Å². The summed E-state index contributed by atoms with van der Waals surface area (Å²) in [5.74, 6) is -0.146. The highest BCUT2D eigenvalue weighted by Crippen LogP contribution is 2.33. The van der Waals surface area contributed by atoms with Crippen molar-refractivity contribution in [2.24, 2.45) is 11.8 Å². The Kier molecular flexibility index (Phi) is 6.67. The standard InChI is InChI=1S/C21H31N3O2/c1-2-22-15-16-8-7-9-17(14-16)23-20(25)18-10-3-4-11-19(18)21(26)24-12-5-6-13-24/h7-9,14,18-19,22H,2-6,10-13,15H2,1H3,(H,23,25). The van der Waals surface area contributed by atoms with Gasteiger partial charge in [-0.2, -0.15) is 0 Å². The van der Waals surface area contributed by atoms with Gasteiger partial charge in [0.05, 0.1) is 0 Å². The number of likely N-dealkylation sites (tertiary alicyclic amines) is 1. The van der Waals surface area contributed by atoms with Gasteiger partial charge < -0.3 is 15.5 Å². The summed E-state index contributed by atoms with van der Waals surface area (Å²) in [4.78, 5) is 27.8. The predicted molar refractivity (Wildman–Crippen MR) is 104 cm³/mol. The van der Waals surface area contributed by atoms with Crippen molar-refractivity contribution >= 4 is 17.5 Å². The summed E-state index contributed by atoms with van der Waals surface area (Å²) < 4.78 is 0. The van der Waals surface area contributed by atoms with E-state index >= 15 is 0 Å². The summed E-state index contributed by atoms with van der Waals surface area (Å²) >= 11 is 0. The van der Waals surface area contributed by atoms with Crippen LogP contribution in [0.25, 0.3) is 0 Å². The van der Waals surface area contributed by atoms with Crippen LogP contribution >= 0.6 is 0 Å². The first-order chi connectivity index (χ1) is 12.7. The Labute approximate surface area is 156 Å². The molecule has 1 aromatic carbocycles. The van der Waals surface area contributed by atoms with Crippen LogP contribution < -0.4 is 10.6 Å². The zero-order valence-electron chi connectivity index (χ0n) is 15.8. The zero-order chi connectivity index (χ0) is 18.4. The van der Waals surface area contributed by atoms with E-state index < -0.39 is 0 Å². The molecular weight excluding hydrogens is 326 g/mol. The molecule has 1 aliphatic heterocycles. The first-order valence-corrected chi connectivity index (χ1v) is 10.1. The molecule has 2 atom stereocenters. The molecule has 2 fully saturated rings. The van der Waals surface area contributed by atoms with Gasteiger partial charge in [-0.3, -0.25) is 9.59 Å². The fourth-order valence-electron chi connectivity index (χ4n) is 4.18.